The van der Waals surface area contributed by atoms with Crippen molar-refractivity contribution < 1.29 is 13.9 Å². The molecule has 1 aliphatic rings. The Hall–Kier alpha value is -0.960. The van der Waals surface area contributed by atoms with E-state index in [2.05, 4.69) is 0 Å². The molecule has 1 N–H and O–H groups in total. The molecule has 1 nitrogen and oxygen atoms in total. The van der Waals surface area contributed by atoms with Crippen LogP contribution in [0.1, 0.15) is 45.1 Å². The monoisotopic (exact) mass is 240 g/mol. The molecule has 1 atom stereocenters. The molecule has 0 aromatic heterocycles. The zero-order chi connectivity index (χ0) is 12.7. The SMILES string of the molecule is CC1(C)CCCCC1(O)c1cc(F)cc(F)c1. The average molecular weight is 240 g/mol. The molecule has 0 heterocycles. The summed E-state index contributed by atoms with van der Waals surface area (Å²) in [6, 6.07) is 3.33. The molecule has 1 unspecified atom stereocenters. The normalized spacial score (nSPS) is 28.1. The first kappa shape index (κ1) is 12.5. The van der Waals surface area contributed by atoms with Gasteiger partial charge in [0, 0.05) is 6.07 Å². The van der Waals surface area contributed by atoms with Gasteiger partial charge in [0.25, 0.3) is 0 Å². The quantitative estimate of drug-likeness (QED) is 0.792. The van der Waals surface area contributed by atoms with Gasteiger partial charge in [-0.2, -0.15) is 0 Å². The summed E-state index contributed by atoms with van der Waals surface area (Å²) in [4.78, 5) is 0. The van der Waals surface area contributed by atoms with Gasteiger partial charge in [-0.05, 0) is 36.0 Å². The first-order chi connectivity index (χ1) is 7.85. The van der Waals surface area contributed by atoms with Crippen molar-refractivity contribution in [3.63, 3.8) is 0 Å². The molecule has 0 spiro atoms. The molecule has 1 aliphatic carbocycles. The highest BCUT2D eigenvalue weighted by atomic mass is 19.1. The van der Waals surface area contributed by atoms with E-state index in [1.165, 1.54) is 12.1 Å². The maximum absolute atomic E-state index is 13.3. The third-order valence-electron chi connectivity index (χ3n) is 4.05. The van der Waals surface area contributed by atoms with Gasteiger partial charge in [0.1, 0.15) is 11.6 Å². The minimum absolute atomic E-state index is 0.356. The lowest BCUT2D eigenvalue weighted by Crippen LogP contribution is -2.44. The Labute approximate surface area is 100 Å². The van der Waals surface area contributed by atoms with Gasteiger partial charge >= 0.3 is 0 Å². The number of rotatable bonds is 1. The lowest BCUT2D eigenvalue weighted by Gasteiger charge is -2.47. The molecule has 0 aliphatic heterocycles. The lowest BCUT2D eigenvalue weighted by molar-refractivity contribution is -0.104. The molecule has 2 rings (SSSR count). The third kappa shape index (κ3) is 2.08. The van der Waals surface area contributed by atoms with Crippen LogP contribution in [0.5, 0.6) is 0 Å². The predicted molar refractivity (Wildman–Crippen MR) is 62.5 cm³/mol. The zero-order valence-corrected chi connectivity index (χ0v) is 10.3. The van der Waals surface area contributed by atoms with Gasteiger partial charge in [-0.15, -0.1) is 0 Å². The van der Waals surface area contributed by atoms with E-state index in [0.717, 1.165) is 25.3 Å². The highest BCUT2D eigenvalue weighted by molar-refractivity contribution is 5.27. The van der Waals surface area contributed by atoms with E-state index < -0.39 is 17.2 Å². The van der Waals surface area contributed by atoms with Crippen LogP contribution in [0, 0.1) is 17.0 Å². The van der Waals surface area contributed by atoms with Crippen LogP contribution in [0.3, 0.4) is 0 Å². The minimum atomic E-state index is -1.13. The summed E-state index contributed by atoms with van der Waals surface area (Å²) in [5.41, 5.74) is -1.13. The molecule has 1 aromatic carbocycles. The van der Waals surface area contributed by atoms with E-state index in [1.54, 1.807) is 0 Å². The first-order valence-electron chi connectivity index (χ1n) is 6.04. The van der Waals surface area contributed by atoms with Crippen molar-refractivity contribution in [3.8, 4) is 0 Å². The molecule has 0 radical (unpaired) electrons. The summed E-state index contributed by atoms with van der Waals surface area (Å²) in [6.45, 7) is 3.91. The van der Waals surface area contributed by atoms with Crippen molar-refractivity contribution in [2.75, 3.05) is 0 Å². The average Bonchev–Trinajstić information content (AvgIpc) is 2.21. The molecular formula is C14H18F2O. The number of halogens is 2. The van der Waals surface area contributed by atoms with E-state index in [4.69, 9.17) is 0 Å². The molecule has 1 saturated carbocycles. The summed E-state index contributed by atoms with van der Waals surface area (Å²) in [5, 5.41) is 10.8. The molecular weight excluding hydrogens is 222 g/mol. The molecule has 1 fully saturated rings. The number of aliphatic hydroxyl groups is 1. The Kier molecular flexibility index (Phi) is 2.98. The molecule has 0 bridgehead atoms. The molecule has 17 heavy (non-hydrogen) atoms. The van der Waals surface area contributed by atoms with E-state index >= 15 is 0 Å². The number of benzene rings is 1. The molecule has 94 valence electrons. The Bertz CT molecular complexity index is 408. The van der Waals surface area contributed by atoms with Crippen LogP contribution in [-0.4, -0.2) is 5.11 Å². The summed E-state index contributed by atoms with van der Waals surface area (Å²) >= 11 is 0. The Morgan fingerprint density at radius 2 is 1.53 bits per heavy atom. The Morgan fingerprint density at radius 1 is 1.00 bits per heavy atom. The third-order valence-corrected chi connectivity index (χ3v) is 4.05. The largest absolute Gasteiger partial charge is 0.385 e. The number of hydrogen-bond acceptors (Lipinski definition) is 1. The van der Waals surface area contributed by atoms with E-state index in [-0.39, 0.29) is 5.41 Å². The summed E-state index contributed by atoms with van der Waals surface area (Å²) in [5.74, 6) is -1.26. The van der Waals surface area contributed by atoms with Gasteiger partial charge in [-0.3, -0.25) is 0 Å². The van der Waals surface area contributed by atoms with Crippen LogP contribution in [0.4, 0.5) is 8.78 Å². The maximum atomic E-state index is 13.3. The van der Waals surface area contributed by atoms with Crippen molar-refractivity contribution in [3.05, 3.63) is 35.4 Å². The molecule has 3 heteroatoms. The lowest BCUT2D eigenvalue weighted by atomic mass is 9.62. The van der Waals surface area contributed by atoms with Gasteiger partial charge in [0.15, 0.2) is 0 Å². The van der Waals surface area contributed by atoms with Crippen molar-refractivity contribution in [1.29, 1.82) is 0 Å². The van der Waals surface area contributed by atoms with Gasteiger partial charge in [-0.1, -0.05) is 26.7 Å². The highest BCUT2D eigenvalue weighted by Crippen LogP contribution is 2.50. The maximum Gasteiger partial charge on any atom is 0.126 e. The summed E-state index contributed by atoms with van der Waals surface area (Å²) < 4.78 is 26.5. The second kappa shape index (κ2) is 4.05. The topological polar surface area (TPSA) is 20.2 Å². The Morgan fingerprint density at radius 3 is 2.06 bits per heavy atom. The first-order valence-corrected chi connectivity index (χ1v) is 6.04. The smallest absolute Gasteiger partial charge is 0.126 e. The molecule has 1 aromatic rings. The summed E-state index contributed by atoms with van der Waals surface area (Å²) in [7, 11) is 0. The second-order valence-corrected chi connectivity index (χ2v) is 5.61. The van der Waals surface area contributed by atoms with Crippen LogP contribution in [0.2, 0.25) is 0 Å². The predicted octanol–water partition coefficient (Wildman–Crippen LogP) is 3.75. The molecule has 0 amide bonds. The number of hydrogen-bond donors (Lipinski definition) is 1. The fourth-order valence-electron chi connectivity index (χ4n) is 2.82. The van der Waals surface area contributed by atoms with Crippen molar-refractivity contribution in [1.82, 2.24) is 0 Å². The second-order valence-electron chi connectivity index (χ2n) is 5.61. The van der Waals surface area contributed by atoms with Crippen LogP contribution in [0.15, 0.2) is 18.2 Å². The van der Waals surface area contributed by atoms with Crippen molar-refractivity contribution >= 4 is 0 Å². The van der Waals surface area contributed by atoms with Gasteiger partial charge in [0.2, 0.25) is 0 Å². The van der Waals surface area contributed by atoms with Crippen molar-refractivity contribution in [2.24, 2.45) is 5.41 Å². The van der Waals surface area contributed by atoms with Gasteiger partial charge < -0.3 is 5.11 Å². The van der Waals surface area contributed by atoms with Crippen LogP contribution in [-0.2, 0) is 5.60 Å². The van der Waals surface area contributed by atoms with E-state index in [9.17, 15) is 13.9 Å². The fourth-order valence-corrected chi connectivity index (χ4v) is 2.82. The van der Waals surface area contributed by atoms with Crippen LogP contribution in [0.25, 0.3) is 0 Å². The van der Waals surface area contributed by atoms with Gasteiger partial charge in [0.05, 0.1) is 5.60 Å². The standard InChI is InChI=1S/C14H18F2O/c1-13(2)5-3-4-6-14(13,17)10-7-11(15)9-12(16)8-10/h7-9,17H,3-6H2,1-2H3. The van der Waals surface area contributed by atoms with Crippen LogP contribution >= 0.6 is 0 Å². The highest BCUT2D eigenvalue weighted by Gasteiger charge is 2.46. The Balaban J connectivity index is 2.49. The minimum Gasteiger partial charge on any atom is -0.385 e. The van der Waals surface area contributed by atoms with Gasteiger partial charge in [-0.25, -0.2) is 8.78 Å². The summed E-state index contributed by atoms with van der Waals surface area (Å²) in [6.07, 6.45) is 3.36. The van der Waals surface area contributed by atoms with E-state index in [0.29, 0.717) is 12.0 Å². The van der Waals surface area contributed by atoms with Crippen molar-refractivity contribution in [2.45, 2.75) is 45.1 Å². The fraction of sp³-hybridized carbons (Fsp3) is 0.571. The zero-order valence-electron chi connectivity index (χ0n) is 10.3. The molecule has 0 saturated heterocycles. The van der Waals surface area contributed by atoms with Crippen LogP contribution < -0.4 is 0 Å². The van der Waals surface area contributed by atoms with E-state index in [1.807, 2.05) is 13.8 Å².